The summed E-state index contributed by atoms with van der Waals surface area (Å²) >= 11 is 1.65. The zero-order valence-electron chi connectivity index (χ0n) is 16.4. The summed E-state index contributed by atoms with van der Waals surface area (Å²) in [6.07, 6.45) is 4.55. The van der Waals surface area contributed by atoms with Crippen molar-refractivity contribution in [3.63, 3.8) is 0 Å². The Kier molecular flexibility index (Phi) is 5.56. The number of thioether (sulfide) groups is 1. The van der Waals surface area contributed by atoms with Crippen molar-refractivity contribution in [3.05, 3.63) is 33.5 Å². The minimum absolute atomic E-state index is 0.0410. The minimum Gasteiger partial charge on any atom is -0.381 e. The van der Waals surface area contributed by atoms with Crippen LogP contribution in [0.5, 0.6) is 0 Å². The molecule has 0 radical (unpaired) electrons. The van der Waals surface area contributed by atoms with E-state index in [1.807, 2.05) is 6.92 Å². The maximum Gasteiger partial charge on any atom is 0.318 e. The molecule has 1 unspecified atom stereocenters. The van der Waals surface area contributed by atoms with Crippen LogP contribution in [0.1, 0.15) is 59.4 Å². The number of primary amides is 1. The molecule has 3 N–H and O–H groups in total. The molecule has 0 aliphatic carbocycles. The smallest absolute Gasteiger partial charge is 0.318 e. The highest BCUT2D eigenvalue weighted by Crippen LogP contribution is 2.36. The number of nitrogens with one attached hydrogen (secondary N) is 1. The van der Waals surface area contributed by atoms with Crippen molar-refractivity contribution in [2.45, 2.75) is 50.6 Å². The number of allylic oxidation sites excluding steroid dienone is 1. The third-order valence-electron chi connectivity index (χ3n) is 5.83. The van der Waals surface area contributed by atoms with Gasteiger partial charge in [-0.25, -0.2) is 4.79 Å². The molecular weight excluding hydrogens is 390 g/mol. The number of nitriles is 1. The van der Waals surface area contributed by atoms with Crippen LogP contribution in [0.15, 0.2) is 11.0 Å². The van der Waals surface area contributed by atoms with Gasteiger partial charge in [-0.3, -0.25) is 4.79 Å². The van der Waals surface area contributed by atoms with Crippen molar-refractivity contribution in [3.8, 4) is 6.07 Å². The van der Waals surface area contributed by atoms with Gasteiger partial charge in [0.15, 0.2) is 0 Å². The van der Waals surface area contributed by atoms with Gasteiger partial charge in [0.1, 0.15) is 6.07 Å². The molecule has 154 valence electrons. The monoisotopic (exact) mass is 415 g/mol. The van der Waals surface area contributed by atoms with Crippen molar-refractivity contribution >= 4 is 23.7 Å². The second-order valence-electron chi connectivity index (χ2n) is 7.62. The number of carbonyl (C=O) groups is 2. The number of aromatic nitrogens is 1. The first-order chi connectivity index (χ1) is 14.0. The summed E-state index contributed by atoms with van der Waals surface area (Å²) in [6, 6.07) is 2.06. The first kappa shape index (κ1) is 19.9. The number of nitrogens with zero attached hydrogens (tertiary/aromatic N) is 3. The van der Waals surface area contributed by atoms with E-state index < -0.39 is 5.91 Å². The van der Waals surface area contributed by atoms with Gasteiger partial charge in [-0.05, 0) is 31.1 Å². The third kappa shape index (κ3) is 3.74. The standard InChI is InChI=1S/C20H25N5O3S/c1-12-2-3-16(29-12)23-20(27)24-6-7-25-15(11-24)17(19(22)26)14(10-21)18(25)13-4-8-28-9-5-13/h2,13,16H,3-9,11H2,1H3,(H2,22,26)(H,23,27). The van der Waals surface area contributed by atoms with Gasteiger partial charge in [0.2, 0.25) is 0 Å². The molecule has 1 aromatic rings. The highest BCUT2D eigenvalue weighted by Gasteiger charge is 2.35. The number of rotatable bonds is 3. The number of nitrogens with two attached hydrogens (primary N) is 1. The summed E-state index contributed by atoms with van der Waals surface area (Å²) < 4.78 is 7.51. The van der Waals surface area contributed by atoms with Gasteiger partial charge in [-0.1, -0.05) is 6.08 Å². The molecule has 1 aromatic heterocycles. The van der Waals surface area contributed by atoms with E-state index in [9.17, 15) is 14.9 Å². The fourth-order valence-electron chi connectivity index (χ4n) is 4.45. The van der Waals surface area contributed by atoms with Crippen molar-refractivity contribution in [1.29, 1.82) is 5.26 Å². The van der Waals surface area contributed by atoms with Gasteiger partial charge in [-0.15, -0.1) is 11.8 Å². The molecule has 8 nitrogen and oxygen atoms in total. The highest BCUT2D eigenvalue weighted by atomic mass is 32.2. The number of hydrogen-bond donors (Lipinski definition) is 2. The lowest BCUT2D eigenvalue weighted by Gasteiger charge is -2.32. The molecule has 0 saturated carbocycles. The first-order valence-electron chi connectivity index (χ1n) is 9.91. The Balaban J connectivity index is 1.61. The van der Waals surface area contributed by atoms with Gasteiger partial charge >= 0.3 is 6.03 Å². The Morgan fingerprint density at radius 3 is 2.72 bits per heavy atom. The summed E-state index contributed by atoms with van der Waals surface area (Å²) in [7, 11) is 0. The first-order valence-corrected chi connectivity index (χ1v) is 10.8. The van der Waals surface area contributed by atoms with Crippen LogP contribution in [-0.2, 0) is 17.8 Å². The Morgan fingerprint density at radius 1 is 1.34 bits per heavy atom. The Bertz CT molecular complexity index is 910. The Morgan fingerprint density at radius 2 is 2.10 bits per heavy atom. The second-order valence-corrected chi connectivity index (χ2v) is 9.07. The molecule has 9 heteroatoms. The molecule has 1 fully saturated rings. The molecule has 0 spiro atoms. The van der Waals surface area contributed by atoms with E-state index in [0.717, 1.165) is 25.0 Å². The zero-order chi connectivity index (χ0) is 20.5. The maximum atomic E-state index is 12.8. The molecule has 0 bridgehead atoms. The number of fused-ring (bicyclic) bond motifs is 1. The average Bonchev–Trinajstić information content (AvgIpc) is 3.28. The highest BCUT2D eigenvalue weighted by molar-refractivity contribution is 8.03. The van der Waals surface area contributed by atoms with Gasteiger partial charge in [0.05, 0.1) is 28.7 Å². The molecule has 4 heterocycles. The summed E-state index contributed by atoms with van der Waals surface area (Å²) in [4.78, 5) is 27.9. The number of hydrogen-bond acceptors (Lipinski definition) is 5. The fraction of sp³-hybridized carbons (Fsp3) is 0.550. The number of ether oxygens (including phenoxy) is 1. The topological polar surface area (TPSA) is 113 Å². The van der Waals surface area contributed by atoms with E-state index in [2.05, 4.69) is 22.0 Å². The van der Waals surface area contributed by atoms with E-state index in [0.29, 0.717) is 37.6 Å². The van der Waals surface area contributed by atoms with Crippen molar-refractivity contribution in [1.82, 2.24) is 14.8 Å². The second kappa shape index (κ2) is 8.13. The van der Waals surface area contributed by atoms with Crippen molar-refractivity contribution in [2.75, 3.05) is 19.8 Å². The molecule has 3 aliphatic heterocycles. The van der Waals surface area contributed by atoms with Crippen LogP contribution in [0.25, 0.3) is 0 Å². The van der Waals surface area contributed by atoms with Gasteiger partial charge < -0.3 is 25.3 Å². The predicted molar refractivity (Wildman–Crippen MR) is 109 cm³/mol. The summed E-state index contributed by atoms with van der Waals surface area (Å²) in [5.74, 6) is -0.452. The van der Waals surface area contributed by atoms with Crippen LogP contribution in [0.3, 0.4) is 0 Å². The molecule has 3 amide bonds. The normalized spacial score (nSPS) is 22.0. The lowest BCUT2D eigenvalue weighted by Crippen LogP contribution is -2.47. The van der Waals surface area contributed by atoms with Gasteiger partial charge in [-0.2, -0.15) is 5.26 Å². The molecule has 3 aliphatic rings. The van der Waals surface area contributed by atoms with Crippen LogP contribution in [0.4, 0.5) is 4.79 Å². The number of amides is 3. The van der Waals surface area contributed by atoms with Crippen LogP contribution in [-0.4, -0.2) is 46.5 Å². The molecule has 1 saturated heterocycles. The molecule has 29 heavy (non-hydrogen) atoms. The van der Waals surface area contributed by atoms with E-state index in [-0.39, 0.29) is 29.4 Å². The number of carbonyl (C=O) groups excluding carboxylic acids is 2. The van der Waals surface area contributed by atoms with Crippen molar-refractivity contribution in [2.24, 2.45) is 5.73 Å². The van der Waals surface area contributed by atoms with Crippen molar-refractivity contribution < 1.29 is 14.3 Å². The quantitative estimate of drug-likeness (QED) is 0.786. The third-order valence-corrected chi connectivity index (χ3v) is 6.96. The van der Waals surface area contributed by atoms with Crippen LogP contribution >= 0.6 is 11.8 Å². The summed E-state index contributed by atoms with van der Waals surface area (Å²) in [5, 5.41) is 12.9. The van der Waals surface area contributed by atoms with E-state index in [1.165, 1.54) is 4.91 Å². The number of urea groups is 1. The van der Waals surface area contributed by atoms with Crippen LogP contribution < -0.4 is 11.1 Å². The SMILES string of the molecule is CC1=CCC(NC(=O)N2CCn3c(c(C(N)=O)c(C#N)c3C3CCOCC3)C2)S1. The van der Waals surface area contributed by atoms with E-state index in [1.54, 1.807) is 16.7 Å². The van der Waals surface area contributed by atoms with E-state index >= 15 is 0 Å². The molecule has 1 atom stereocenters. The Labute approximate surface area is 174 Å². The predicted octanol–water partition coefficient (Wildman–Crippen LogP) is 2.24. The average molecular weight is 416 g/mol. The fourth-order valence-corrected chi connectivity index (χ4v) is 5.44. The Hall–Kier alpha value is -2.44. The van der Waals surface area contributed by atoms with E-state index in [4.69, 9.17) is 10.5 Å². The summed E-state index contributed by atoms with van der Waals surface area (Å²) in [5.41, 5.74) is 7.85. The largest absolute Gasteiger partial charge is 0.381 e. The van der Waals surface area contributed by atoms with Crippen LogP contribution in [0.2, 0.25) is 0 Å². The lowest BCUT2D eigenvalue weighted by molar-refractivity contribution is 0.0832. The summed E-state index contributed by atoms with van der Waals surface area (Å²) in [6.45, 7) is 4.66. The van der Waals surface area contributed by atoms with Gasteiger partial charge in [0, 0.05) is 37.9 Å². The minimum atomic E-state index is -0.614. The van der Waals surface area contributed by atoms with Crippen LogP contribution in [0, 0.1) is 11.3 Å². The maximum absolute atomic E-state index is 12.8. The lowest BCUT2D eigenvalue weighted by atomic mass is 9.92. The zero-order valence-corrected chi connectivity index (χ0v) is 17.3. The molecular formula is C20H25N5O3S. The van der Waals surface area contributed by atoms with Gasteiger partial charge in [0.25, 0.3) is 5.91 Å². The molecule has 0 aromatic carbocycles. The molecule has 4 rings (SSSR count).